The molecule has 0 N–H and O–H groups in total. The monoisotopic (exact) mass is 202 g/mol. The maximum atomic E-state index is 4.14. The van der Waals surface area contributed by atoms with Crippen LogP contribution in [0.4, 0.5) is 0 Å². The van der Waals surface area contributed by atoms with Crippen molar-refractivity contribution in [1.82, 2.24) is 0 Å². The van der Waals surface area contributed by atoms with Gasteiger partial charge in [0, 0.05) is 0 Å². The predicted octanol–water partition coefficient (Wildman–Crippen LogP) is 4.50. The van der Waals surface area contributed by atoms with Crippen LogP contribution in [-0.2, 0) is 0 Å². The number of hydrogen-bond acceptors (Lipinski definition) is 0. The lowest BCUT2D eigenvalue weighted by Gasteiger charge is -2.23. The first-order valence-electron chi connectivity index (χ1n) is 6.08. The summed E-state index contributed by atoms with van der Waals surface area (Å²) in [6, 6.07) is 0. The van der Waals surface area contributed by atoms with Crippen LogP contribution in [0.1, 0.15) is 40.0 Å². The summed E-state index contributed by atoms with van der Waals surface area (Å²) in [6.45, 7) is 10.9. The molecule has 2 rings (SSSR count). The third-order valence-electron chi connectivity index (χ3n) is 4.31. The summed E-state index contributed by atoms with van der Waals surface area (Å²) < 4.78 is 0. The summed E-state index contributed by atoms with van der Waals surface area (Å²) in [5, 5.41) is 0. The molecule has 3 atom stereocenters. The Morgan fingerprint density at radius 3 is 2.40 bits per heavy atom. The van der Waals surface area contributed by atoms with E-state index >= 15 is 0 Å². The Hall–Kier alpha value is -0.780. The van der Waals surface area contributed by atoms with Gasteiger partial charge in [0.25, 0.3) is 0 Å². The second kappa shape index (κ2) is 4.00. The predicted molar refractivity (Wildman–Crippen MR) is 66.6 cm³/mol. The third-order valence-corrected chi connectivity index (χ3v) is 4.31. The third kappa shape index (κ3) is 1.95. The van der Waals surface area contributed by atoms with Gasteiger partial charge < -0.3 is 0 Å². The van der Waals surface area contributed by atoms with Crippen LogP contribution in [0.15, 0.2) is 35.5 Å². The van der Waals surface area contributed by atoms with Gasteiger partial charge in [-0.2, -0.15) is 0 Å². The van der Waals surface area contributed by atoms with Gasteiger partial charge in [0.1, 0.15) is 0 Å². The number of hydrogen-bond donors (Lipinski definition) is 0. The van der Waals surface area contributed by atoms with E-state index in [4.69, 9.17) is 0 Å². The molecule has 0 aromatic heterocycles. The van der Waals surface area contributed by atoms with E-state index in [1.807, 2.05) is 0 Å². The van der Waals surface area contributed by atoms with Crippen molar-refractivity contribution in [3.8, 4) is 0 Å². The van der Waals surface area contributed by atoms with Crippen LogP contribution in [-0.4, -0.2) is 0 Å². The summed E-state index contributed by atoms with van der Waals surface area (Å²) in [7, 11) is 0. The molecule has 0 bridgehead atoms. The zero-order chi connectivity index (χ0) is 11.0. The molecule has 0 saturated heterocycles. The molecule has 0 fully saturated rings. The fraction of sp³-hybridized carbons (Fsp3) is 0.600. The summed E-state index contributed by atoms with van der Waals surface area (Å²) in [6.07, 6.45) is 8.68. The first kappa shape index (κ1) is 10.7. The Labute approximate surface area is 93.8 Å². The number of rotatable bonds is 1. The molecular formula is C15H22. The molecule has 2 aliphatic carbocycles. The van der Waals surface area contributed by atoms with Gasteiger partial charge in [0.05, 0.1) is 0 Å². The molecule has 0 aliphatic heterocycles. The van der Waals surface area contributed by atoms with Crippen LogP contribution in [0.2, 0.25) is 0 Å². The van der Waals surface area contributed by atoms with Crippen molar-refractivity contribution in [3.63, 3.8) is 0 Å². The highest BCUT2D eigenvalue weighted by Crippen LogP contribution is 2.44. The molecule has 0 aromatic carbocycles. The van der Waals surface area contributed by atoms with Gasteiger partial charge in [-0.3, -0.25) is 0 Å². The average molecular weight is 202 g/mol. The van der Waals surface area contributed by atoms with E-state index in [2.05, 4.69) is 39.5 Å². The first-order valence-corrected chi connectivity index (χ1v) is 6.08. The van der Waals surface area contributed by atoms with Crippen molar-refractivity contribution in [3.05, 3.63) is 35.5 Å². The van der Waals surface area contributed by atoms with E-state index in [-0.39, 0.29) is 0 Å². The molecule has 82 valence electrons. The highest BCUT2D eigenvalue weighted by molar-refractivity contribution is 5.24. The molecule has 0 heteroatoms. The Balaban J connectivity index is 2.23. The van der Waals surface area contributed by atoms with Crippen LogP contribution >= 0.6 is 0 Å². The van der Waals surface area contributed by atoms with Crippen molar-refractivity contribution < 1.29 is 0 Å². The summed E-state index contributed by atoms with van der Waals surface area (Å²) in [5.41, 5.74) is 4.58. The van der Waals surface area contributed by atoms with Crippen LogP contribution in [0.5, 0.6) is 0 Å². The van der Waals surface area contributed by atoms with Gasteiger partial charge in [0.15, 0.2) is 0 Å². The van der Waals surface area contributed by atoms with Gasteiger partial charge in [-0.25, -0.2) is 0 Å². The number of allylic oxidation sites excluding steroid dienone is 5. The molecule has 0 spiro atoms. The van der Waals surface area contributed by atoms with Gasteiger partial charge in [-0.1, -0.05) is 35.5 Å². The summed E-state index contributed by atoms with van der Waals surface area (Å²) >= 11 is 0. The van der Waals surface area contributed by atoms with E-state index in [1.165, 1.54) is 24.8 Å². The van der Waals surface area contributed by atoms with Crippen molar-refractivity contribution in [2.45, 2.75) is 40.0 Å². The minimum absolute atomic E-state index is 0.705. The van der Waals surface area contributed by atoms with Crippen LogP contribution < -0.4 is 0 Å². The second-order valence-electron chi connectivity index (χ2n) is 5.36. The highest BCUT2D eigenvalue weighted by atomic mass is 14.4. The lowest BCUT2D eigenvalue weighted by molar-refractivity contribution is 0.397. The van der Waals surface area contributed by atoms with E-state index in [0.717, 1.165) is 11.8 Å². The molecule has 0 radical (unpaired) electrons. The first-order chi connectivity index (χ1) is 7.09. The lowest BCUT2D eigenvalue weighted by atomic mass is 9.81. The number of fused-ring (bicyclic) bond motifs is 1. The van der Waals surface area contributed by atoms with E-state index in [0.29, 0.717) is 5.92 Å². The quantitative estimate of drug-likeness (QED) is 0.549. The van der Waals surface area contributed by atoms with Gasteiger partial charge in [-0.15, -0.1) is 0 Å². The van der Waals surface area contributed by atoms with Crippen molar-refractivity contribution in [1.29, 1.82) is 0 Å². The minimum Gasteiger partial charge on any atom is -0.0998 e. The van der Waals surface area contributed by atoms with Crippen molar-refractivity contribution in [2.24, 2.45) is 17.8 Å². The van der Waals surface area contributed by atoms with Crippen LogP contribution in [0.25, 0.3) is 0 Å². The van der Waals surface area contributed by atoms with Crippen LogP contribution in [0, 0.1) is 17.8 Å². The largest absolute Gasteiger partial charge is 0.0998 e. The minimum atomic E-state index is 0.705. The van der Waals surface area contributed by atoms with Gasteiger partial charge in [-0.05, 0) is 57.8 Å². The smallest absolute Gasteiger partial charge is 0.0106 e. The molecule has 0 amide bonds. The van der Waals surface area contributed by atoms with Crippen molar-refractivity contribution >= 4 is 0 Å². The molecule has 2 unspecified atom stereocenters. The Morgan fingerprint density at radius 2 is 1.73 bits per heavy atom. The molecular weight excluding hydrogens is 180 g/mol. The van der Waals surface area contributed by atoms with Gasteiger partial charge >= 0.3 is 0 Å². The molecule has 15 heavy (non-hydrogen) atoms. The second-order valence-corrected chi connectivity index (χ2v) is 5.36. The molecule has 2 aliphatic rings. The Bertz CT molecular complexity index is 330. The maximum Gasteiger partial charge on any atom is -0.0106 e. The zero-order valence-electron chi connectivity index (χ0n) is 10.2. The molecule has 0 saturated carbocycles. The Kier molecular flexibility index (Phi) is 2.86. The fourth-order valence-electron chi connectivity index (χ4n) is 3.08. The highest BCUT2D eigenvalue weighted by Gasteiger charge is 2.32. The van der Waals surface area contributed by atoms with Gasteiger partial charge in [0.2, 0.25) is 0 Å². The van der Waals surface area contributed by atoms with E-state index in [1.54, 1.807) is 11.1 Å². The summed E-state index contributed by atoms with van der Waals surface area (Å²) in [4.78, 5) is 0. The Morgan fingerprint density at radius 1 is 1.13 bits per heavy atom. The molecule has 0 heterocycles. The topological polar surface area (TPSA) is 0 Å². The van der Waals surface area contributed by atoms with E-state index in [9.17, 15) is 0 Å². The van der Waals surface area contributed by atoms with Crippen molar-refractivity contribution in [2.75, 3.05) is 0 Å². The molecule has 0 aromatic rings. The maximum absolute atomic E-state index is 4.14. The van der Waals surface area contributed by atoms with Crippen LogP contribution in [0.3, 0.4) is 0 Å². The lowest BCUT2D eigenvalue weighted by Crippen LogP contribution is -2.14. The SMILES string of the molecule is C=C(C)[C@H]1CC=C(C)C2CC=C(C)C2C1. The standard InChI is InChI=1S/C15H22/c1-10(2)13-7-5-11(3)14-8-6-12(4)15(14)9-13/h5-6,13-15H,1,7-9H2,2-4H3/t13-,14?,15?/m0/s1. The fourth-order valence-corrected chi connectivity index (χ4v) is 3.08. The zero-order valence-corrected chi connectivity index (χ0v) is 10.2. The van der Waals surface area contributed by atoms with E-state index < -0.39 is 0 Å². The molecule has 0 nitrogen and oxygen atoms in total. The normalized spacial score (nSPS) is 35.3. The average Bonchev–Trinajstić information content (AvgIpc) is 2.43. The summed E-state index contributed by atoms with van der Waals surface area (Å²) in [5.74, 6) is 2.30.